The summed E-state index contributed by atoms with van der Waals surface area (Å²) in [6, 6.07) is 5.67. The van der Waals surface area contributed by atoms with Crippen LogP contribution in [0.4, 0.5) is 5.69 Å². The lowest BCUT2D eigenvalue weighted by Crippen LogP contribution is -2.57. The van der Waals surface area contributed by atoms with E-state index < -0.39 is 18.6 Å². The number of thiocarbonyl (C=S) groups is 1. The molecule has 2 rings (SSSR count). The van der Waals surface area contributed by atoms with Gasteiger partial charge in [-0.25, -0.2) is 0 Å². The van der Waals surface area contributed by atoms with Gasteiger partial charge in [-0.05, 0) is 68.3 Å². The Balaban J connectivity index is 1.90. The second-order valence-electron chi connectivity index (χ2n) is 7.73. The number of halogens is 1. The van der Waals surface area contributed by atoms with E-state index in [-0.39, 0.29) is 12.2 Å². The number of rotatable bonds is 8. The highest BCUT2D eigenvalue weighted by Gasteiger charge is 2.43. The van der Waals surface area contributed by atoms with Crippen LogP contribution in [0.5, 0.6) is 0 Å². The first-order valence-electron chi connectivity index (χ1n) is 9.84. The van der Waals surface area contributed by atoms with E-state index in [1.165, 1.54) is 0 Å². The van der Waals surface area contributed by atoms with Gasteiger partial charge in [0.15, 0.2) is 5.11 Å². The second kappa shape index (κ2) is 10.6. The van der Waals surface area contributed by atoms with Crippen molar-refractivity contribution in [2.24, 2.45) is 11.7 Å². The van der Waals surface area contributed by atoms with E-state index in [4.69, 9.17) is 39.6 Å². The van der Waals surface area contributed by atoms with E-state index in [1.807, 2.05) is 30.0 Å². The third-order valence-corrected chi connectivity index (χ3v) is 6.40. The summed E-state index contributed by atoms with van der Waals surface area (Å²) in [6.45, 7) is 3.18. The Morgan fingerprint density at radius 1 is 1.38 bits per heavy atom. The number of benzene rings is 1. The standard InChI is InChI=1S/C19H29BClN3O4S/c1-13-4-5-15(12-16(13)21)23-18(29)24-10-6-14(7-11-24)19(22,17(25)26)8-2-3-9-20(27)28/h4-5,12,14,27-28H,2-3,6-11,22H2,1H3,(H,23,29)(H,25,26). The summed E-state index contributed by atoms with van der Waals surface area (Å²) >= 11 is 11.7. The van der Waals surface area contributed by atoms with Crippen molar-refractivity contribution < 1.29 is 19.9 Å². The predicted octanol–water partition coefficient (Wildman–Crippen LogP) is 2.48. The van der Waals surface area contributed by atoms with Crippen LogP contribution < -0.4 is 11.1 Å². The van der Waals surface area contributed by atoms with Crippen molar-refractivity contribution in [3.05, 3.63) is 28.8 Å². The lowest BCUT2D eigenvalue weighted by Gasteiger charge is -2.41. The predicted molar refractivity (Wildman–Crippen MR) is 120 cm³/mol. The average Bonchev–Trinajstić information content (AvgIpc) is 2.67. The van der Waals surface area contributed by atoms with Crippen LogP contribution in [0.2, 0.25) is 11.3 Å². The number of unbranched alkanes of at least 4 members (excludes halogenated alkanes) is 1. The van der Waals surface area contributed by atoms with Crippen LogP contribution in [0.3, 0.4) is 0 Å². The van der Waals surface area contributed by atoms with Crippen molar-refractivity contribution in [2.75, 3.05) is 18.4 Å². The van der Waals surface area contributed by atoms with Gasteiger partial charge in [0.1, 0.15) is 5.54 Å². The molecule has 0 radical (unpaired) electrons. The Morgan fingerprint density at radius 2 is 2.03 bits per heavy atom. The van der Waals surface area contributed by atoms with Gasteiger partial charge in [-0.2, -0.15) is 0 Å². The van der Waals surface area contributed by atoms with E-state index in [2.05, 4.69) is 5.32 Å². The first-order chi connectivity index (χ1) is 13.6. The molecule has 29 heavy (non-hydrogen) atoms. The van der Waals surface area contributed by atoms with Crippen LogP contribution in [0, 0.1) is 12.8 Å². The largest absolute Gasteiger partial charge is 0.480 e. The lowest BCUT2D eigenvalue weighted by molar-refractivity contribution is -0.146. The number of hydrogen-bond acceptors (Lipinski definition) is 5. The van der Waals surface area contributed by atoms with Crippen molar-refractivity contribution in [2.45, 2.75) is 50.9 Å². The minimum Gasteiger partial charge on any atom is -0.480 e. The number of aliphatic carboxylic acids is 1. The molecule has 1 aromatic carbocycles. The number of anilines is 1. The van der Waals surface area contributed by atoms with E-state index in [0.29, 0.717) is 55.3 Å². The number of likely N-dealkylation sites (tertiary alicyclic amines) is 1. The molecule has 7 nitrogen and oxygen atoms in total. The maximum absolute atomic E-state index is 11.9. The van der Waals surface area contributed by atoms with E-state index in [1.54, 1.807) is 0 Å². The van der Waals surface area contributed by atoms with Crippen molar-refractivity contribution >= 4 is 47.7 Å². The quantitative estimate of drug-likeness (QED) is 0.237. The molecular formula is C19H29BClN3O4S. The molecule has 0 aromatic heterocycles. The molecule has 1 aliphatic rings. The van der Waals surface area contributed by atoms with Gasteiger partial charge in [0.2, 0.25) is 0 Å². The Kier molecular flexibility index (Phi) is 8.72. The summed E-state index contributed by atoms with van der Waals surface area (Å²) in [5, 5.41) is 32.0. The van der Waals surface area contributed by atoms with Gasteiger partial charge in [-0.1, -0.05) is 30.5 Å². The summed E-state index contributed by atoms with van der Waals surface area (Å²) in [7, 11) is -1.37. The van der Waals surface area contributed by atoms with Crippen molar-refractivity contribution in [1.82, 2.24) is 4.90 Å². The molecule has 1 fully saturated rings. The highest BCUT2D eigenvalue weighted by atomic mass is 35.5. The molecule has 1 saturated heterocycles. The molecule has 10 heteroatoms. The normalized spacial score (nSPS) is 16.9. The Labute approximate surface area is 182 Å². The zero-order valence-corrected chi connectivity index (χ0v) is 18.2. The van der Waals surface area contributed by atoms with Crippen molar-refractivity contribution in [3.8, 4) is 0 Å². The average molecular weight is 442 g/mol. The number of nitrogens with two attached hydrogens (primary N) is 1. The lowest BCUT2D eigenvalue weighted by atomic mass is 9.74. The zero-order chi connectivity index (χ0) is 21.6. The first-order valence-corrected chi connectivity index (χ1v) is 10.6. The summed E-state index contributed by atoms with van der Waals surface area (Å²) in [6.07, 6.45) is 2.84. The second-order valence-corrected chi connectivity index (χ2v) is 8.52. The number of nitrogens with zero attached hydrogens (tertiary/aromatic N) is 1. The molecular weight excluding hydrogens is 413 g/mol. The molecule has 1 aliphatic heterocycles. The molecule has 1 aromatic rings. The molecule has 0 saturated carbocycles. The van der Waals surface area contributed by atoms with Crippen LogP contribution in [-0.2, 0) is 4.79 Å². The minimum atomic E-state index is -1.37. The zero-order valence-electron chi connectivity index (χ0n) is 16.6. The molecule has 0 amide bonds. The monoisotopic (exact) mass is 441 g/mol. The fourth-order valence-corrected chi connectivity index (χ4v) is 4.18. The summed E-state index contributed by atoms with van der Waals surface area (Å²) < 4.78 is 0. The highest BCUT2D eigenvalue weighted by Crippen LogP contribution is 2.32. The highest BCUT2D eigenvalue weighted by molar-refractivity contribution is 7.80. The molecule has 6 N–H and O–H groups in total. The minimum absolute atomic E-state index is 0.160. The van der Waals surface area contributed by atoms with Crippen molar-refractivity contribution in [3.63, 3.8) is 0 Å². The number of nitrogens with one attached hydrogen (secondary N) is 1. The fraction of sp³-hybridized carbons (Fsp3) is 0.579. The smallest absolute Gasteiger partial charge is 0.451 e. The summed E-state index contributed by atoms with van der Waals surface area (Å²) in [4.78, 5) is 13.9. The van der Waals surface area contributed by atoms with Gasteiger partial charge in [-0.3, -0.25) is 4.79 Å². The maximum atomic E-state index is 11.9. The molecule has 160 valence electrons. The van der Waals surface area contributed by atoms with Gasteiger partial charge in [0.25, 0.3) is 0 Å². The van der Waals surface area contributed by atoms with Crippen LogP contribution in [-0.4, -0.2) is 56.9 Å². The van der Waals surface area contributed by atoms with Crippen LogP contribution in [0.15, 0.2) is 18.2 Å². The SMILES string of the molecule is Cc1ccc(NC(=S)N2CCC(C(N)(CCCCB(O)O)C(=O)O)CC2)cc1Cl. The Bertz CT molecular complexity index is 731. The number of carboxylic acid groups (broad SMARTS) is 1. The van der Waals surface area contributed by atoms with Crippen LogP contribution in [0.1, 0.15) is 37.7 Å². The summed E-state index contributed by atoms with van der Waals surface area (Å²) in [5.74, 6) is -1.16. The molecule has 1 heterocycles. The maximum Gasteiger partial charge on any atom is 0.451 e. The van der Waals surface area contributed by atoms with Gasteiger partial charge in [0.05, 0.1) is 0 Å². The van der Waals surface area contributed by atoms with E-state index in [0.717, 1.165) is 11.3 Å². The molecule has 1 unspecified atom stereocenters. The topological polar surface area (TPSA) is 119 Å². The van der Waals surface area contributed by atoms with Crippen molar-refractivity contribution in [1.29, 1.82) is 0 Å². The molecule has 0 bridgehead atoms. The van der Waals surface area contributed by atoms with E-state index >= 15 is 0 Å². The number of carboxylic acids is 1. The van der Waals surface area contributed by atoms with Gasteiger partial charge in [0, 0.05) is 23.8 Å². The van der Waals surface area contributed by atoms with Gasteiger partial charge >= 0.3 is 13.1 Å². The molecule has 1 atom stereocenters. The Morgan fingerprint density at radius 3 is 2.59 bits per heavy atom. The van der Waals surface area contributed by atoms with Crippen LogP contribution >= 0.6 is 23.8 Å². The number of carbonyl (C=O) groups is 1. The first kappa shape index (κ1) is 23.9. The third-order valence-electron chi connectivity index (χ3n) is 5.63. The van der Waals surface area contributed by atoms with Gasteiger partial charge in [-0.15, -0.1) is 0 Å². The third kappa shape index (κ3) is 6.55. The molecule has 0 aliphatic carbocycles. The van der Waals surface area contributed by atoms with E-state index in [9.17, 15) is 9.90 Å². The Hall–Kier alpha value is -1.39. The van der Waals surface area contributed by atoms with Gasteiger partial charge < -0.3 is 31.1 Å². The summed E-state index contributed by atoms with van der Waals surface area (Å²) in [5.41, 5.74) is 6.80. The number of hydrogen-bond donors (Lipinski definition) is 5. The fourth-order valence-electron chi connectivity index (χ4n) is 3.70. The number of aryl methyl sites for hydroxylation is 1. The van der Waals surface area contributed by atoms with Crippen LogP contribution in [0.25, 0.3) is 0 Å². The molecule has 0 spiro atoms. The number of piperidine rings is 1.